The van der Waals surface area contributed by atoms with Crippen molar-refractivity contribution in [1.29, 1.82) is 0 Å². The molecule has 0 spiro atoms. The molecule has 1 amide bonds. The molecule has 0 fully saturated rings. The molecule has 24 heavy (non-hydrogen) atoms. The molecule has 0 bridgehead atoms. The van der Waals surface area contributed by atoms with Gasteiger partial charge in [-0.05, 0) is 19.3 Å². The van der Waals surface area contributed by atoms with Gasteiger partial charge in [-0.1, -0.05) is 19.9 Å². The summed E-state index contributed by atoms with van der Waals surface area (Å²) in [5.74, 6) is -0.712. The third-order valence-corrected chi connectivity index (χ3v) is 3.96. The third-order valence-electron chi connectivity index (χ3n) is 3.96. The molecule has 138 valence electrons. The standard InChI is InChI=1S/C14H25BF3N4O2/c1-4-10(5-2)24-12-7-9(15(16,17)18)6-11(22-14(19)20)13(12)21-8(3)23/h7,10-13H,4-6H2,1-3H3,(H,21,23)(H4,19,20,22)/q-1/t11-,12+,13+/m0/s1. The summed E-state index contributed by atoms with van der Waals surface area (Å²) in [5.41, 5.74) is 10.0. The average Bonchev–Trinajstić information content (AvgIpc) is 2.45. The molecular weight excluding hydrogens is 324 g/mol. The predicted octanol–water partition coefficient (Wildman–Crippen LogP) is 1.42. The minimum Gasteiger partial charge on any atom is -0.445 e. The number of nitrogens with one attached hydrogen (secondary N) is 1. The Balaban J connectivity index is 3.25. The van der Waals surface area contributed by atoms with E-state index < -0.39 is 37.1 Å². The van der Waals surface area contributed by atoms with Gasteiger partial charge in [0.1, 0.15) is 0 Å². The highest BCUT2D eigenvalue weighted by Gasteiger charge is 2.41. The van der Waals surface area contributed by atoms with Crippen molar-refractivity contribution in [2.45, 2.75) is 64.3 Å². The van der Waals surface area contributed by atoms with E-state index in [0.717, 1.165) is 6.08 Å². The fraction of sp³-hybridized carbons (Fsp3) is 0.714. The van der Waals surface area contributed by atoms with Crippen LogP contribution >= 0.6 is 0 Å². The van der Waals surface area contributed by atoms with E-state index in [-0.39, 0.29) is 18.0 Å². The highest BCUT2D eigenvalue weighted by Crippen LogP contribution is 2.33. The molecule has 0 unspecified atom stereocenters. The highest BCUT2D eigenvalue weighted by atomic mass is 19.4. The van der Waals surface area contributed by atoms with Crippen molar-refractivity contribution in [1.82, 2.24) is 5.32 Å². The molecule has 1 aliphatic carbocycles. The molecule has 0 heterocycles. The van der Waals surface area contributed by atoms with E-state index in [2.05, 4.69) is 10.3 Å². The zero-order valence-corrected chi connectivity index (χ0v) is 14.1. The number of hydrogen-bond donors (Lipinski definition) is 3. The van der Waals surface area contributed by atoms with Crippen LogP contribution in [0.5, 0.6) is 0 Å². The van der Waals surface area contributed by atoms with Crippen LogP contribution in [0.2, 0.25) is 0 Å². The summed E-state index contributed by atoms with van der Waals surface area (Å²) in [6, 6.07) is -1.69. The molecule has 10 heteroatoms. The first-order valence-corrected chi connectivity index (χ1v) is 8.00. The van der Waals surface area contributed by atoms with Crippen LogP contribution < -0.4 is 16.8 Å². The summed E-state index contributed by atoms with van der Waals surface area (Å²) in [6.07, 6.45) is 0.786. The van der Waals surface area contributed by atoms with E-state index in [1.54, 1.807) is 0 Å². The van der Waals surface area contributed by atoms with Crippen LogP contribution in [0.1, 0.15) is 40.0 Å². The Morgan fingerprint density at radius 1 is 1.42 bits per heavy atom. The van der Waals surface area contributed by atoms with Crippen LogP contribution in [0.25, 0.3) is 0 Å². The Kier molecular flexibility index (Phi) is 7.13. The molecule has 3 atom stereocenters. The summed E-state index contributed by atoms with van der Waals surface area (Å²) in [6.45, 7) is -0.129. The van der Waals surface area contributed by atoms with Crippen molar-refractivity contribution >= 4 is 18.8 Å². The zero-order valence-electron chi connectivity index (χ0n) is 14.1. The highest BCUT2D eigenvalue weighted by molar-refractivity contribution is 6.66. The Morgan fingerprint density at radius 3 is 2.42 bits per heavy atom. The molecular formula is C14H25BF3N4O2-. The van der Waals surface area contributed by atoms with Gasteiger partial charge in [-0.3, -0.25) is 4.79 Å². The quantitative estimate of drug-likeness (QED) is 0.367. The van der Waals surface area contributed by atoms with Gasteiger partial charge in [-0.2, -0.15) is 0 Å². The van der Waals surface area contributed by atoms with Gasteiger partial charge in [-0.25, -0.2) is 4.99 Å². The second-order valence-corrected chi connectivity index (χ2v) is 5.91. The number of nitrogens with two attached hydrogens (primary N) is 2. The van der Waals surface area contributed by atoms with E-state index in [1.165, 1.54) is 6.92 Å². The number of halogens is 3. The molecule has 0 aromatic heterocycles. The molecule has 1 aliphatic rings. The largest absolute Gasteiger partial charge is 0.505 e. The lowest BCUT2D eigenvalue weighted by molar-refractivity contribution is -0.121. The normalized spacial score (nSPS) is 24.5. The lowest BCUT2D eigenvalue weighted by atomic mass is 9.70. The van der Waals surface area contributed by atoms with Crippen molar-refractivity contribution in [3.8, 4) is 0 Å². The SMILES string of the molecule is CCC(CC)O[C@@H]1C=C([B-](F)(F)F)C[C@H](N=C(N)N)[C@H]1NC(C)=O. The van der Waals surface area contributed by atoms with E-state index in [9.17, 15) is 17.7 Å². The van der Waals surface area contributed by atoms with Crippen molar-refractivity contribution in [3.05, 3.63) is 11.5 Å². The second kappa shape index (κ2) is 8.41. The first kappa shape index (κ1) is 20.3. The second-order valence-electron chi connectivity index (χ2n) is 5.91. The number of aliphatic imine (C=N–C) groups is 1. The number of hydrogen-bond acceptors (Lipinski definition) is 3. The van der Waals surface area contributed by atoms with Gasteiger partial charge in [0.25, 0.3) is 0 Å². The molecule has 0 aliphatic heterocycles. The van der Waals surface area contributed by atoms with Crippen LogP contribution in [0.15, 0.2) is 16.5 Å². The molecule has 0 saturated heterocycles. The summed E-state index contributed by atoms with van der Waals surface area (Å²) >= 11 is 0. The van der Waals surface area contributed by atoms with Gasteiger partial charge >= 0.3 is 6.98 Å². The van der Waals surface area contributed by atoms with Gasteiger partial charge in [-0.15, -0.1) is 5.47 Å². The topological polar surface area (TPSA) is 103 Å². The van der Waals surface area contributed by atoms with E-state index >= 15 is 0 Å². The Bertz CT molecular complexity index is 503. The van der Waals surface area contributed by atoms with Crippen LogP contribution in [0, 0.1) is 0 Å². The number of carbonyl (C=O) groups excluding carboxylic acids is 1. The van der Waals surface area contributed by atoms with E-state index in [1.807, 2.05) is 13.8 Å². The molecule has 0 radical (unpaired) electrons. The smallest absolute Gasteiger partial charge is 0.445 e. The first-order valence-electron chi connectivity index (χ1n) is 8.00. The van der Waals surface area contributed by atoms with E-state index in [0.29, 0.717) is 12.8 Å². The van der Waals surface area contributed by atoms with Gasteiger partial charge in [0.15, 0.2) is 5.96 Å². The minimum atomic E-state index is -5.18. The molecule has 1 rings (SSSR count). The Morgan fingerprint density at radius 2 is 2.00 bits per heavy atom. The lowest BCUT2D eigenvalue weighted by Crippen LogP contribution is -2.54. The Labute approximate surface area is 139 Å². The predicted molar refractivity (Wildman–Crippen MR) is 88.2 cm³/mol. The van der Waals surface area contributed by atoms with E-state index in [4.69, 9.17) is 16.2 Å². The summed E-state index contributed by atoms with van der Waals surface area (Å²) in [7, 11) is 0. The third kappa shape index (κ3) is 5.74. The monoisotopic (exact) mass is 349 g/mol. The minimum absolute atomic E-state index is 0.220. The first-order chi connectivity index (χ1) is 11.1. The molecule has 0 aromatic rings. The van der Waals surface area contributed by atoms with Crippen LogP contribution in [0.4, 0.5) is 12.9 Å². The van der Waals surface area contributed by atoms with Gasteiger partial charge in [0.05, 0.1) is 24.3 Å². The fourth-order valence-corrected chi connectivity index (χ4v) is 2.77. The maximum Gasteiger partial charge on any atom is 0.505 e. The van der Waals surface area contributed by atoms with Crippen molar-refractivity contribution in [3.63, 3.8) is 0 Å². The van der Waals surface area contributed by atoms with Gasteiger partial charge < -0.3 is 34.5 Å². The molecule has 0 aromatic carbocycles. The fourth-order valence-electron chi connectivity index (χ4n) is 2.77. The van der Waals surface area contributed by atoms with Crippen molar-refractivity contribution in [2.75, 3.05) is 0 Å². The summed E-state index contributed by atoms with van der Waals surface area (Å²) in [4.78, 5) is 15.4. The average molecular weight is 349 g/mol. The van der Waals surface area contributed by atoms with Crippen molar-refractivity contribution in [2.24, 2.45) is 16.5 Å². The maximum atomic E-state index is 13.3. The Hall–Kier alpha value is -1.71. The number of amides is 1. The molecule has 6 nitrogen and oxygen atoms in total. The summed E-state index contributed by atoms with van der Waals surface area (Å²) < 4.78 is 45.6. The van der Waals surface area contributed by atoms with Crippen LogP contribution in [-0.2, 0) is 9.53 Å². The number of rotatable bonds is 7. The summed E-state index contributed by atoms with van der Waals surface area (Å²) in [5, 5.41) is 2.63. The maximum absolute atomic E-state index is 13.3. The lowest BCUT2D eigenvalue weighted by Gasteiger charge is -2.39. The number of nitrogens with zero attached hydrogens (tertiary/aromatic N) is 1. The van der Waals surface area contributed by atoms with Gasteiger partial charge in [0.2, 0.25) is 5.91 Å². The zero-order chi connectivity index (χ0) is 18.5. The number of guanidine groups is 1. The van der Waals surface area contributed by atoms with Crippen LogP contribution in [0.3, 0.4) is 0 Å². The molecule has 5 N–H and O–H groups in total. The number of carbonyl (C=O) groups is 1. The number of ether oxygens (including phenoxy) is 1. The van der Waals surface area contributed by atoms with Gasteiger partial charge in [0, 0.05) is 6.92 Å². The van der Waals surface area contributed by atoms with Crippen LogP contribution in [-0.4, -0.2) is 43.1 Å². The van der Waals surface area contributed by atoms with Crippen molar-refractivity contribution < 1.29 is 22.5 Å². The molecule has 0 saturated carbocycles.